The molecule has 1 amide bonds. The molecule has 154 valence electrons. The van der Waals surface area contributed by atoms with Crippen molar-refractivity contribution in [3.8, 4) is 17.2 Å². The Kier molecular flexibility index (Phi) is 6.81. The van der Waals surface area contributed by atoms with E-state index >= 15 is 0 Å². The molecule has 2 aromatic rings. The van der Waals surface area contributed by atoms with E-state index in [0.717, 1.165) is 40.4 Å². The molecule has 2 aromatic carbocycles. The third kappa shape index (κ3) is 4.91. The molecule has 5 nitrogen and oxygen atoms in total. The van der Waals surface area contributed by atoms with Crippen LogP contribution in [-0.2, 0) is 17.8 Å². The molecule has 0 saturated heterocycles. The Morgan fingerprint density at radius 1 is 1.03 bits per heavy atom. The van der Waals surface area contributed by atoms with Crippen LogP contribution in [0.25, 0.3) is 6.08 Å². The maximum atomic E-state index is 12.8. The number of hydrogen-bond acceptors (Lipinski definition) is 4. The summed E-state index contributed by atoms with van der Waals surface area (Å²) in [6.07, 6.45) is 4.25. The van der Waals surface area contributed by atoms with Gasteiger partial charge >= 0.3 is 0 Å². The number of carbonyl (C=O) groups is 1. The lowest BCUT2D eigenvalue weighted by atomic mass is 9.98. The molecule has 1 aliphatic rings. The van der Waals surface area contributed by atoms with Crippen molar-refractivity contribution >= 4 is 12.0 Å². The van der Waals surface area contributed by atoms with Crippen molar-refractivity contribution in [1.29, 1.82) is 0 Å². The molecule has 0 spiro atoms. The average molecular weight is 395 g/mol. The number of amides is 1. The second-order valence-corrected chi connectivity index (χ2v) is 7.02. The van der Waals surface area contributed by atoms with Crippen LogP contribution < -0.4 is 14.2 Å². The fourth-order valence-corrected chi connectivity index (χ4v) is 3.54. The SMILES string of the molecule is CCOc1cc2c(cc1OCC)CN(C(=O)/C=C/c1cc(C)ccc1OC)CC2. The lowest BCUT2D eigenvalue weighted by Gasteiger charge is -2.29. The van der Waals surface area contributed by atoms with E-state index in [2.05, 4.69) is 6.07 Å². The minimum absolute atomic E-state index is 0.00828. The largest absolute Gasteiger partial charge is 0.496 e. The highest BCUT2D eigenvalue weighted by atomic mass is 16.5. The standard InChI is InChI=1S/C24H29NO4/c1-5-28-22-14-18-11-12-25(16-20(18)15-23(22)29-6-2)24(26)10-8-19-13-17(3)7-9-21(19)27-4/h7-10,13-15H,5-6,11-12,16H2,1-4H3/b10-8+. The Labute approximate surface area is 172 Å². The molecule has 0 bridgehead atoms. The van der Waals surface area contributed by atoms with Gasteiger partial charge < -0.3 is 19.1 Å². The average Bonchev–Trinajstić information content (AvgIpc) is 2.72. The van der Waals surface area contributed by atoms with E-state index in [1.54, 1.807) is 13.2 Å². The van der Waals surface area contributed by atoms with Crippen LogP contribution in [0, 0.1) is 6.92 Å². The molecule has 5 heteroatoms. The number of benzene rings is 2. The first-order valence-electron chi connectivity index (χ1n) is 10.1. The Morgan fingerprint density at radius 3 is 2.38 bits per heavy atom. The van der Waals surface area contributed by atoms with Crippen LogP contribution >= 0.6 is 0 Å². The summed E-state index contributed by atoms with van der Waals surface area (Å²) >= 11 is 0. The predicted molar refractivity (Wildman–Crippen MR) is 115 cm³/mol. The zero-order valence-corrected chi connectivity index (χ0v) is 17.7. The highest BCUT2D eigenvalue weighted by molar-refractivity contribution is 5.92. The van der Waals surface area contributed by atoms with E-state index in [1.165, 1.54) is 5.56 Å². The molecule has 3 rings (SSSR count). The maximum Gasteiger partial charge on any atom is 0.246 e. The summed E-state index contributed by atoms with van der Waals surface area (Å²) in [6.45, 7) is 8.35. The summed E-state index contributed by atoms with van der Waals surface area (Å²) in [4.78, 5) is 14.6. The minimum atomic E-state index is -0.00828. The van der Waals surface area contributed by atoms with Gasteiger partial charge in [0.2, 0.25) is 5.91 Å². The molecule has 1 heterocycles. The van der Waals surface area contributed by atoms with E-state index in [9.17, 15) is 4.79 Å². The van der Waals surface area contributed by atoms with Gasteiger partial charge in [0, 0.05) is 24.7 Å². The van der Waals surface area contributed by atoms with Gasteiger partial charge in [-0.1, -0.05) is 11.6 Å². The normalized spacial score (nSPS) is 13.3. The van der Waals surface area contributed by atoms with Crippen LogP contribution in [0.2, 0.25) is 0 Å². The van der Waals surface area contributed by atoms with E-state index in [0.29, 0.717) is 26.3 Å². The highest BCUT2D eigenvalue weighted by Crippen LogP contribution is 2.34. The van der Waals surface area contributed by atoms with Crippen LogP contribution in [-0.4, -0.2) is 37.7 Å². The van der Waals surface area contributed by atoms with E-state index in [-0.39, 0.29) is 5.91 Å². The number of rotatable bonds is 7. The summed E-state index contributed by atoms with van der Waals surface area (Å²) in [6, 6.07) is 9.99. The van der Waals surface area contributed by atoms with Crippen molar-refractivity contribution in [3.63, 3.8) is 0 Å². The Bertz CT molecular complexity index is 904. The first-order chi connectivity index (χ1) is 14.0. The fourth-order valence-electron chi connectivity index (χ4n) is 3.54. The van der Waals surface area contributed by atoms with Crippen molar-refractivity contribution in [2.75, 3.05) is 26.9 Å². The van der Waals surface area contributed by atoms with Crippen molar-refractivity contribution in [2.24, 2.45) is 0 Å². The van der Waals surface area contributed by atoms with Gasteiger partial charge in [0.05, 0.1) is 20.3 Å². The lowest BCUT2D eigenvalue weighted by molar-refractivity contribution is -0.126. The first-order valence-corrected chi connectivity index (χ1v) is 10.1. The van der Waals surface area contributed by atoms with Gasteiger partial charge in [-0.3, -0.25) is 4.79 Å². The van der Waals surface area contributed by atoms with Crippen LogP contribution in [0.5, 0.6) is 17.2 Å². The number of aryl methyl sites for hydroxylation is 1. The summed E-state index contributed by atoms with van der Waals surface area (Å²) in [5.74, 6) is 2.27. The molecular weight excluding hydrogens is 366 g/mol. The number of ether oxygens (including phenoxy) is 3. The molecule has 0 aromatic heterocycles. The number of carbonyl (C=O) groups excluding carboxylic acids is 1. The van der Waals surface area contributed by atoms with Crippen molar-refractivity contribution in [1.82, 2.24) is 4.90 Å². The van der Waals surface area contributed by atoms with Gasteiger partial charge in [0.15, 0.2) is 11.5 Å². The maximum absolute atomic E-state index is 12.8. The summed E-state index contributed by atoms with van der Waals surface area (Å²) < 4.78 is 16.8. The molecule has 0 atom stereocenters. The van der Waals surface area contributed by atoms with Gasteiger partial charge in [0.1, 0.15) is 5.75 Å². The molecule has 1 aliphatic heterocycles. The van der Waals surface area contributed by atoms with Crippen molar-refractivity contribution in [2.45, 2.75) is 33.7 Å². The molecule has 29 heavy (non-hydrogen) atoms. The third-order valence-corrected chi connectivity index (χ3v) is 4.98. The zero-order chi connectivity index (χ0) is 20.8. The second kappa shape index (κ2) is 9.50. The zero-order valence-electron chi connectivity index (χ0n) is 17.7. The van der Waals surface area contributed by atoms with Crippen molar-refractivity contribution < 1.29 is 19.0 Å². The molecular formula is C24H29NO4. The van der Waals surface area contributed by atoms with E-state index in [4.69, 9.17) is 14.2 Å². The highest BCUT2D eigenvalue weighted by Gasteiger charge is 2.22. The molecule has 0 N–H and O–H groups in total. The van der Waals surface area contributed by atoms with E-state index in [1.807, 2.05) is 56.0 Å². The van der Waals surface area contributed by atoms with Crippen LogP contribution in [0.15, 0.2) is 36.4 Å². The minimum Gasteiger partial charge on any atom is -0.496 e. The Hall–Kier alpha value is -2.95. The fraction of sp³-hybridized carbons (Fsp3) is 0.375. The van der Waals surface area contributed by atoms with Gasteiger partial charge in [0.25, 0.3) is 0 Å². The molecule has 0 fully saturated rings. The van der Waals surface area contributed by atoms with E-state index < -0.39 is 0 Å². The number of methoxy groups -OCH3 is 1. The topological polar surface area (TPSA) is 48.0 Å². The molecule has 0 aliphatic carbocycles. The number of nitrogens with zero attached hydrogens (tertiary/aromatic N) is 1. The van der Waals surface area contributed by atoms with Crippen LogP contribution in [0.3, 0.4) is 0 Å². The van der Waals surface area contributed by atoms with Gasteiger partial charge in [-0.2, -0.15) is 0 Å². The van der Waals surface area contributed by atoms with Crippen LogP contribution in [0.1, 0.15) is 36.1 Å². The summed E-state index contributed by atoms with van der Waals surface area (Å²) in [5, 5.41) is 0. The predicted octanol–water partition coefficient (Wildman–Crippen LogP) is 4.40. The second-order valence-electron chi connectivity index (χ2n) is 7.02. The first kappa shape index (κ1) is 20.8. The van der Waals surface area contributed by atoms with Gasteiger partial charge in [-0.05, 0) is 68.7 Å². The van der Waals surface area contributed by atoms with Crippen LogP contribution in [0.4, 0.5) is 0 Å². The smallest absolute Gasteiger partial charge is 0.246 e. The van der Waals surface area contributed by atoms with Gasteiger partial charge in [-0.15, -0.1) is 0 Å². The Balaban J connectivity index is 1.77. The lowest BCUT2D eigenvalue weighted by Crippen LogP contribution is -2.34. The molecule has 0 radical (unpaired) electrons. The van der Waals surface area contributed by atoms with Crippen molar-refractivity contribution in [3.05, 3.63) is 58.7 Å². The summed E-state index contributed by atoms with van der Waals surface area (Å²) in [5.41, 5.74) is 4.35. The Morgan fingerprint density at radius 2 is 1.72 bits per heavy atom. The number of hydrogen-bond donors (Lipinski definition) is 0. The monoisotopic (exact) mass is 395 g/mol. The summed E-state index contributed by atoms with van der Waals surface area (Å²) in [7, 11) is 1.64. The molecule has 0 saturated carbocycles. The molecule has 0 unspecified atom stereocenters. The third-order valence-electron chi connectivity index (χ3n) is 4.98. The van der Waals surface area contributed by atoms with Gasteiger partial charge in [-0.25, -0.2) is 0 Å². The quantitative estimate of drug-likeness (QED) is 0.652. The number of fused-ring (bicyclic) bond motifs is 1.